The predicted molar refractivity (Wildman–Crippen MR) is 65.4 cm³/mol. The monoisotopic (exact) mass is 224 g/mol. The van der Waals surface area contributed by atoms with E-state index in [9.17, 15) is 0 Å². The van der Waals surface area contributed by atoms with Gasteiger partial charge < -0.3 is 5.73 Å². The van der Waals surface area contributed by atoms with E-state index in [-0.39, 0.29) is 0 Å². The van der Waals surface area contributed by atoms with Crippen LogP contribution in [0.1, 0.15) is 60.7 Å². The van der Waals surface area contributed by atoms with Gasteiger partial charge in [-0.2, -0.15) is 0 Å². The zero-order chi connectivity index (χ0) is 10.7. The van der Waals surface area contributed by atoms with Crippen LogP contribution in [0.15, 0.2) is 6.20 Å². The van der Waals surface area contributed by atoms with Crippen LogP contribution in [-0.2, 0) is 0 Å². The van der Waals surface area contributed by atoms with Crippen LogP contribution in [0.4, 0.5) is 0 Å². The highest BCUT2D eigenvalue weighted by atomic mass is 32.1. The molecule has 1 heterocycles. The average molecular weight is 224 g/mol. The number of thiazole rings is 1. The molecule has 1 unspecified atom stereocenters. The van der Waals surface area contributed by atoms with Gasteiger partial charge in [0.2, 0.25) is 0 Å². The van der Waals surface area contributed by atoms with Gasteiger partial charge in [0, 0.05) is 22.9 Å². The van der Waals surface area contributed by atoms with Crippen LogP contribution in [0.3, 0.4) is 0 Å². The van der Waals surface area contributed by atoms with Gasteiger partial charge in [-0.3, -0.25) is 0 Å². The van der Waals surface area contributed by atoms with Crippen LogP contribution >= 0.6 is 11.3 Å². The molecule has 2 N–H and O–H groups in total. The molecule has 1 atom stereocenters. The van der Waals surface area contributed by atoms with E-state index in [2.05, 4.69) is 11.9 Å². The third kappa shape index (κ3) is 2.58. The fraction of sp³-hybridized carbons (Fsp3) is 0.750. The Bertz CT molecular complexity index is 302. The van der Waals surface area contributed by atoms with Crippen LogP contribution < -0.4 is 5.73 Å². The third-order valence-corrected chi connectivity index (χ3v) is 4.73. The summed E-state index contributed by atoms with van der Waals surface area (Å²) in [6.07, 6.45) is 8.88. The van der Waals surface area contributed by atoms with E-state index in [4.69, 9.17) is 5.73 Å². The highest BCUT2D eigenvalue weighted by Crippen LogP contribution is 2.36. The van der Waals surface area contributed by atoms with Crippen molar-refractivity contribution in [3.8, 4) is 0 Å². The molecule has 1 aliphatic carbocycles. The molecule has 2 rings (SSSR count). The second-order valence-corrected chi connectivity index (χ2v) is 5.67. The van der Waals surface area contributed by atoms with Crippen LogP contribution in [-0.4, -0.2) is 11.5 Å². The Morgan fingerprint density at radius 1 is 1.47 bits per heavy atom. The summed E-state index contributed by atoms with van der Waals surface area (Å²) in [6.45, 7) is 2.91. The van der Waals surface area contributed by atoms with Gasteiger partial charge in [0.05, 0.1) is 5.01 Å². The van der Waals surface area contributed by atoms with Gasteiger partial charge >= 0.3 is 0 Å². The summed E-state index contributed by atoms with van der Waals surface area (Å²) in [5.74, 6) is 1.21. The Morgan fingerprint density at radius 3 is 2.87 bits per heavy atom. The summed E-state index contributed by atoms with van der Waals surface area (Å²) >= 11 is 1.88. The minimum atomic E-state index is 0.472. The number of hydrogen-bond acceptors (Lipinski definition) is 3. The fourth-order valence-electron chi connectivity index (χ4n) is 2.18. The number of aromatic nitrogens is 1. The van der Waals surface area contributed by atoms with Crippen LogP contribution in [0.5, 0.6) is 0 Å². The first kappa shape index (κ1) is 11.1. The summed E-state index contributed by atoms with van der Waals surface area (Å²) in [6, 6.07) is 0. The van der Waals surface area contributed by atoms with Gasteiger partial charge in [-0.25, -0.2) is 4.98 Å². The molecule has 1 aromatic heterocycles. The molecule has 1 aromatic rings. The van der Waals surface area contributed by atoms with Crippen molar-refractivity contribution in [2.24, 2.45) is 5.73 Å². The lowest BCUT2D eigenvalue weighted by Gasteiger charge is -2.18. The summed E-state index contributed by atoms with van der Waals surface area (Å²) in [5, 5.41) is 1.35. The van der Waals surface area contributed by atoms with Gasteiger partial charge in [0.1, 0.15) is 0 Å². The van der Waals surface area contributed by atoms with Gasteiger partial charge in [-0.05, 0) is 19.4 Å². The third-order valence-electron chi connectivity index (χ3n) is 3.34. The van der Waals surface area contributed by atoms with Crippen LogP contribution in [0.2, 0.25) is 0 Å². The Hall–Kier alpha value is -0.410. The molecule has 0 aliphatic heterocycles. The van der Waals surface area contributed by atoms with Crippen molar-refractivity contribution in [2.75, 3.05) is 6.54 Å². The lowest BCUT2D eigenvalue weighted by molar-refractivity contribution is 0.442. The van der Waals surface area contributed by atoms with Crippen molar-refractivity contribution in [3.63, 3.8) is 0 Å². The first-order valence-corrected chi connectivity index (χ1v) is 6.78. The van der Waals surface area contributed by atoms with Gasteiger partial charge in [-0.15, -0.1) is 11.3 Å². The lowest BCUT2D eigenvalue weighted by atomic mass is 9.90. The molecule has 0 aromatic carbocycles. The van der Waals surface area contributed by atoms with Gasteiger partial charge in [-0.1, -0.05) is 26.2 Å². The average Bonchev–Trinajstić information content (AvgIpc) is 2.78. The Kier molecular flexibility index (Phi) is 3.76. The molecule has 0 bridgehead atoms. The summed E-state index contributed by atoms with van der Waals surface area (Å²) in [5.41, 5.74) is 5.67. The van der Waals surface area contributed by atoms with E-state index in [1.807, 2.05) is 17.5 Å². The highest BCUT2D eigenvalue weighted by Gasteiger charge is 2.19. The molecule has 1 fully saturated rings. The quantitative estimate of drug-likeness (QED) is 0.856. The second kappa shape index (κ2) is 5.08. The Labute approximate surface area is 95.9 Å². The maximum absolute atomic E-state index is 5.67. The zero-order valence-electron chi connectivity index (χ0n) is 9.41. The van der Waals surface area contributed by atoms with Crippen molar-refractivity contribution in [1.29, 1.82) is 0 Å². The van der Waals surface area contributed by atoms with Crippen molar-refractivity contribution in [1.82, 2.24) is 4.98 Å². The Morgan fingerprint density at radius 2 is 2.20 bits per heavy atom. The molecular weight excluding hydrogens is 204 g/mol. The van der Waals surface area contributed by atoms with Gasteiger partial charge in [0.25, 0.3) is 0 Å². The van der Waals surface area contributed by atoms with Crippen molar-refractivity contribution < 1.29 is 0 Å². The Balaban J connectivity index is 2.05. The number of rotatable bonds is 3. The number of hydrogen-bond donors (Lipinski definition) is 1. The van der Waals surface area contributed by atoms with E-state index in [0.29, 0.717) is 5.92 Å². The predicted octanol–water partition coefficient (Wildman–Crippen LogP) is 3.25. The highest BCUT2D eigenvalue weighted by molar-refractivity contribution is 7.11. The number of nitrogens with two attached hydrogens (primary N) is 1. The molecule has 0 saturated heterocycles. The van der Waals surface area contributed by atoms with Crippen molar-refractivity contribution in [2.45, 2.75) is 50.9 Å². The molecule has 84 valence electrons. The molecule has 2 nitrogen and oxygen atoms in total. The maximum atomic E-state index is 5.67. The van der Waals surface area contributed by atoms with E-state index in [1.165, 1.54) is 42.0 Å². The first-order valence-electron chi connectivity index (χ1n) is 5.97. The largest absolute Gasteiger partial charge is 0.330 e. The maximum Gasteiger partial charge on any atom is 0.0958 e. The minimum Gasteiger partial charge on any atom is -0.330 e. The van der Waals surface area contributed by atoms with Crippen molar-refractivity contribution >= 4 is 11.3 Å². The SMILES string of the molecule is CC(CN)c1cnc(C2CCCCC2)s1. The molecule has 0 amide bonds. The summed E-state index contributed by atoms with van der Waals surface area (Å²) in [7, 11) is 0. The molecule has 0 radical (unpaired) electrons. The van der Waals surface area contributed by atoms with Crippen LogP contribution in [0, 0.1) is 0 Å². The lowest BCUT2D eigenvalue weighted by Crippen LogP contribution is -2.07. The molecule has 1 aliphatic rings. The van der Waals surface area contributed by atoms with Gasteiger partial charge in [0.15, 0.2) is 0 Å². The van der Waals surface area contributed by atoms with E-state index < -0.39 is 0 Å². The molecular formula is C12H20N2S. The number of nitrogens with zero attached hydrogens (tertiary/aromatic N) is 1. The normalized spacial score (nSPS) is 20.4. The van der Waals surface area contributed by atoms with E-state index in [0.717, 1.165) is 12.5 Å². The smallest absolute Gasteiger partial charge is 0.0958 e. The molecule has 15 heavy (non-hydrogen) atoms. The molecule has 3 heteroatoms. The minimum absolute atomic E-state index is 0.472. The van der Waals surface area contributed by atoms with E-state index >= 15 is 0 Å². The molecule has 1 saturated carbocycles. The first-order chi connectivity index (χ1) is 7.31. The second-order valence-electron chi connectivity index (χ2n) is 4.57. The standard InChI is InChI=1S/C12H20N2S/c1-9(7-13)11-8-14-12(15-11)10-5-3-2-4-6-10/h8-10H,2-7,13H2,1H3. The van der Waals surface area contributed by atoms with Crippen LogP contribution in [0.25, 0.3) is 0 Å². The zero-order valence-corrected chi connectivity index (χ0v) is 10.2. The topological polar surface area (TPSA) is 38.9 Å². The molecule has 0 spiro atoms. The fourth-order valence-corrected chi connectivity index (χ4v) is 3.34. The summed E-state index contributed by atoms with van der Waals surface area (Å²) < 4.78 is 0. The van der Waals surface area contributed by atoms with E-state index in [1.54, 1.807) is 0 Å². The van der Waals surface area contributed by atoms with Crippen molar-refractivity contribution in [3.05, 3.63) is 16.1 Å². The summed E-state index contributed by atoms with van der Waals surface area (Å²) in [4.78, 5) is 5.93.